The van der Waals surface area contributed by atoms with Gasteiger partial charge >= 0.3 is 0 Å². The maximum atomic E-state index is 11.1. The molecule has 0 atom stereocenters. The number of benzene rings is 1. The number of aliphatic imine (C=N–C) groups is 1. The van der Waals surface area contributed by atoms with E-state index in [0.717, 1.165) is 0 Å². The molecular formula is C10H8N2O2. The molecule has 1 aromatic carbocycles. The van der Waals surface area contributed by atoms with Crippen molar-refractivity contribution in [2.75, 3.05) is 0 Å². The predicted octanol–water partition coefficient (Wildman–Crippen LogP) is 0.806. The molecule has 2 amide bonds. The van der Waals surface area contributed by atoms with Gasteiger partial charge < -0.3 is 0 Å². The Balaban J connectivity index is 2.28. The SMILES string of the molecule is O=C1CC(=Nc2ccccc2)C(=O)N1. The van der Waals surface area contributed by atoms with Crippen LogP contribution in [0.4, 0.5) is 5.69 Å². The van der Waals surface area contributed by atoms with Gasteiger partial charge in [-0.05, 0) is 12.1 Å². The zero-order valence-electron chi connectivity index (χ0n) is 7.36. The van der Waals surface area contributed by atoms with Crippen LogP contribution < -0.4 is 5.32 Å². The summed E-state index contributed by atoms with van der Waals surface area (Å²) in [4.78, 5) is 26.0. The molecule has 14 heavy (non-hydrogen) atoms. The van der Waals surface area contributed by atoms with Gasteiger partial charge in [-0.25, -0.2) is 4.99 Å². The highest BCUT2D eigenvalue weighted by molar-refractivity contribution is 6.49. The molecule has 1 heterocycles. The van der Waals surface area contributed by atoms with E-state index in [0.29, 0.717) is 5.69 Å². The molecule has 0 bridgehead atoms. The fraction of sp³-hybridized carbons (Fsp3) is 0.100. The van der Waals surface area contributed by atoms with Gasteiger partial charge in [-0.1, -0.05) is 18.2 Å². The first-order valence-corrected chi connectivity index (χ1v) is 4.22. The van der Waals surface area contributed by atoms with E-state index in [4.69, 9.17) is 0 Å². The molecule has 1 aliphatic heterocycles. The van der Waals surface area contributed by atoms with E-state index >= 15 is 0 Å². The zero-order chi connectivity index (χ0) is 9.97. The third-order valence-electron chi connectivity index (χ3n) is 1.86. The minimum Gasteiger partial charge on any atom is -0.291 e. The van der Waals surface area contributed by atoms with Crippen molar-refractivity contribution in [1.29, 1.82) is 0 Å². The summed E-state index contributed by atoms with van der Waals surface area (Å²) in [6.07, 6.45) is 0.0771. The summed E-state index contributed by atoms with van der Waals surface area (Å²) < 4.78 is 0. The van der Waals surface area contributed by atoms with Crippen molar-refractivity contribution in [3.63, 3.8) is 0 Å². The second-order valence-electron chi connectivity index (χ2n) is 2.95. The molecule has 1 fully saturated rings. The van der Waals surface area contributed by atoms with Crippen molar-refractivity contribution < 1.29 is 9.59 Å². The van der Waals surface area contributed by atoms with Gasteiger partial charge in [0.2, 0.25) is 5.91 Å². The Morgan fingerprint density at radius 2 is 1.86 bits per heavy atom. The fourth-order valence-corrected chi connectivity index (χ4v) is 1.22. The third-order valence-corrected chi connectivity index (χ3v) is 1.86. The molecule has 0 unspecified atom stereocenters. The number of carbonyl (C=O) groups is 2. The van der Waals surface area contributed by atoms with Crippen molar-refractivity contribution in [2.24, 2.45) is 4.99 Å². The molecule has 0 spiro atoms. The summed E-state index contributed by atoms with van der Waals surface area (Å²) in [6.45, 7) is 0. The van der Waals surface area contributed by atoms with E-state index in [2.05, 4.69) is 10.3 Å². The lowest BCUT2D eigenvalue weighted by molar-refractivity contribution is -0.123. The van der Waals surface area contributed by atoms with E-state index in [-0.39, 0.29) is 23.9 Å². The van der Waals surface area contributed by atoms with Crippen LogP contribution in [-0.2, 0) is 9.59 Å². The van der Waals surface area contributed by atoms with Crippen LogP contribution in [0.5, 0.6) is 0 Å². The number of hydrogen-bond acceptors (Lipinski definition) is 3. The normalized spacial score (nSPS) is 18.7. The van der Waals surface area contributed by atoms with Crippen LogP contribution in [0.25, 0.3) is 0 Å². The molecule has 0 saturated carbocycles. The summed E-state index contributed by atoms with van der Waals surface area (Å²) in [7, 11) is 0. The average molecular weight is 188 g/mol. The van der Waals surface area contributed by atoms with E-state index in [1.807, 2.05) is 18.2 Å². The largest absolute Gasteiger partial charge is 0.291 e. The van der Waals surface area contributed by atoms with Crippen molar-refractivity contribution in [3.05, 3.63) is 30.3 Å². The van der Waals surface area contributed by atoms with Gasteiger partial charge in [0.15, 0.2) is 0 Å². The minimum atomic E-state index is -0.390. The second-order valence-corrected chi connectivity index (χ2v) is 2.95. The van der Waals surface area contributed by atoms with Crippen LogP contribution in [0.2, 0.25) is 0 Å². The summed E-state index contributed by atoms with van der Waals surface area (Å²) in [5.74, 6) is -0.677. The van der Waals surface area contributed by atoms with Crippen LogP contribution in [0.1, 0.15) is 6.42 Å². The zero-order valence-corrected chi connectivity index (χ0v) is 7.36. The molecule has 4 nitrogen and oxygen atoms in total. The van der Waals surface area contributed by atoms with Gasteiger partial charge in [0.25, 0.3) is 5.91 Å². The van der Waals surface area contributed by atoms with E-state index in [1.54, 1.807) is 12.1 Å². The van der Waals surface area contributed by atoms with Gasteiger partial charge in [0.1, 0.15) is 5.71 Å². The molecule has 4 heteroatoms. The van der Waals surface area contributed by atoms with Crippen LogP contribution >= 0.6 is 0 Å². The van der Waals surface area contributed by atoms with Gasteiger partial charge in [-0.15, -0.1) is 0 Å². The number of para-hydroxylation sites is 1. The maximum absolute atomic E-state index is 11.1. The number of amides is 2. The van der Waals surface area contributed by atoms with Gasteiger partial charge in [-0.3, -0.25) is 14.9 Å². The number of imide groups is 1. The van der Waals surface area contributed by atoms with Crippen molar-refractivity contribution in [3.8, 4) is 0 Å². The summed E-state index contributed by atoms with van der Waals surface area (Å²) >= 11 is 0. The Kier molecular flexibility index (Phi) is 2.10. The number of carbonyl (C=O) groups excluding carboxylic acids is 2. The van der Waals surface area contributed by atoms with Gasteiger partial charge in [0, 0.05) is 0 Å². The average Bonchev–Trinajstić information content (AvgIpc) is 2.47. The van der Waals surface area contributed by atoms with Crippen LogP contribution in [-0.4, -0.2) is 17.5 Å². The monoisotopic (exact) mass is 188 g/mol. The lowest BCUT2D eigenvalue weighted by Crippen LogP contribution is -2.21. The van der Waals surface area contributed by atoms with E-state index < -0.39 is 0 Å². The third kappa shape index (κ3) is 1.69. The number of nitrogens with one attached hydrogen (secondary N) is 1. The number of nitrogens with zero attached hydrogens (tertiary/aromatic N) is 1. The van der Waals surface area contributed by atoms with Crippen LogP contribution in [0, 0.1) is 0 Å². The Hall–Kier alpha value is -1.97. The molecule has 1 saturated heterocycles. The van der Waals surface area contributed by atoms with E-state index in [9.17, 15) is 9.59 Å². The first-order chi connectivity index (χ1) is 6.75. The highest BCUT2D eigenvalue weighted by Crippen LogP contribution is 2.12. The Morgan fingerprint density at radius 1 is 1.14 bits per heavy atom. The quantitative estimate of drug-likeness (QED) is 0.663. The molecule has 2 rings (SSSR count). The van der Waals surface area contributed by atoms with Gasteiger partial charge in [-0.2, -0.15) is 0 Å². The minimum absolute atomic E-state index is 0.0771. The van der Waals surface area contributed by atoms with E-state index in [1.165, 1.54) is 0 Å². The lowest BCUT2D eigenvalue weighted by Gasteiger charge is -1.93. The Labute approximate surface area is 80.7 Å². The topological polar surface area (TPSA) is 58.5 Å². The summed E-state index contributed by atoms with van der Waals surface area (Å²) in [5.41, 5.74) is 0.966. The maximum Gasteiger partial charge on any atom is 0.272 e. The molecule has 1 aliphatic rings. The first-order valence-electron chi connectivity index (χ1n) is 4.22. The highest BCUT2D eigenvalue weighted by Gasteiger charge is 2.25. The van der Waals surface area contributed by atoms with Crippen LogP contribution in [0.15, 0.2) is 35.3 Å². The standard InChI is InChI=1S/C10H8N2O2/c13-9-6-8(10(14)12-9)11-7-4-2-1-3-5-7/h1-5H,6H2,(H,12,13,14). The number of rotatable bonds is 1. The Morgan fingerprint density at radius 3 is 2.43 bits per heavy atom. The second kappa shape index (κ2) is 3.41. The molecule has 1 aromatic rings. The van der Waals surface area contributed by atoms with Crippen molar-refractivity contribution >= 4 is 23.2 Å². The number of hydrogen-bond donors (Lipinski definition) is 1. The molecule has 0 aromatic heterocycles. The van der Waals surface area contributed by atoms with Gasteiger partial charge in [0.05, 0.1) is 12.1 Å². The first kappa shape index (κ1) is 8.62. The summed E-state index contributed by atoms with van der Waals surface area (Å²) in [6, 6.07) is 9.08. The predicted molar refractivity (Wildman–Crippen MR) is 51.3 cm³/mol. The smallest absolute Gasteiger partial charge is 0.272 e. The van der Waals surface area contributed by atoms with Crippen LogP contribution in [0.3, 0.4) is 0 Å². The molecular weight excluding hydrogens is 180 g/mol. The Bertz CT molecular complexity index is 409. The lowest BCUT2D eigenvalue weighted by atomic mass is 10.3. The van der Waals surface area contributed by atoms with Crippen molar-refractivity contribution in [2.45, 2.75) is 6.42 Å². The molecule has 0 aliphatic carbocycles. The van der Waals surface area contributed by atoms with Crippen molar-refractivity contribution in [1.82, 2.24) is 5.32 Å². The fourth-order valence-electron chi connectivity index (χ4n) is 1.22. The summed E-state index contributed by atoms with van der Waals surface area (Å²) in [5, 5.41) is 2.18. The highest BCUT2D eigenvalue weighted by atomic mass is 16.2. The molecule has 0 radical (unpaired) electrons. The molecule has 1 N–H and O–H groups in total. The molecule has 70 valence electrons.